The van der Waals surface area contributed by atoms with Gasteiger partial charge in [0.15, 0.2) is 0 Å². The number of hydrogen-bond acceptors (Lipinski definition) is 3. The highest BCUT2D eigenvalue weighted by Gasteiger charge is 2.21. The highest BCUT2D eigenvalue weighted by molar-refractivity contribution is 8.00. The van der Waals surface area contributed by atoms with E-state index in [1.807, 2.05) is 11.8 Å². The number of fused-ring (bicyclic) bond motifs is 1. The van der Waals surface area contributed by atoms with Crippen LogP contribution in [-0.4, -0.2) is 42.4 Å². The lowest BCUT2D eigenvalue weighted by atomic mass is 10.0. The summed E-state index contributed by atoms with van der Waals surface area (Å²) < 4.78 is 0. The van der Waals surface area contributed by atoms with Crippen LogP contribution in [0, 0.1) is 0 Å². The molecule has 0 spiro atoms. The van der Waals surface area contributed by atoms with Crippen molar-refractivity contribution >= 4 is 11.8 Å². The smallest absolute Gasteiger partial charge is 0.0260 e. The van der Waals surface area contributed by atoms with E-state index in [9.17, 15) is 0 Å². The minimum atomic E-state index is 0.733. The predicted molar refractivity (Wildman–Crippen MR) is 92.2 cm³/mol. The molecule has 2 nitrogen and oxygen atoms in total. The molecule has 3 heteroatoms. The first-order chi connectivity index (χ1) is 10.3. The monoisotopic (exact) mass is 304 g/mol. The van der Waals surface area contributed by atoms with Crippen LogP contribution < -0.4 is 5.32 Å². The van der Waals surface area contributed by atoms with Gasteiger partial charge in [0.1, 0.15) is 0 Å². The lowest BCUT2D eigenvalue weighted by Gasteiger charge is -2.33. The average Bonchev–Trinajstić information content (AvgIpc) is 2.91. The summed E-state index contributed by atoms with van der Waals surface area (Å²) in [5, 5.41) is 4.40. The fourth-order valence-electron chi connectivity index (χ4n) is 3.53. The summed E-state index contributed by atoms with van der Waals surface area (Å²) in [5.74, 6) is 0. The summed E-state index contributed by atoms with van der Waals surface area (Å²) in [6, 6.07) is 9.66. The van der Waals surface area contributed by atoms with Crippen LogP contribution in [0.3, 0.4) is 0 Å². The Bertz CT molecular complexity index is 424. The molecular weight excluding hydrogens is 276 g/mol. The van der Waals surface area contributed by atoms with Crippen molar-refractivity contribution < 1.29 is 0 Å². The molecule has 1 N–H and O–H groups in total. The van der Waals surface area contributed by atoms with E-state index in [0.29, 0.717) is 0 Å². The van der Waals surface area contributed by atoms with Crippen LogP contribution in [0.2, 0.25) is 0 Å². The summed E-state index contributed by atoms with van der Waals surface area (Å²) >= 11 is 2.05. The van der Waals surface area contributed by atoms with Gasteiger partial charge in [-0.25, -0.2) is 0 Å². The van der Waals surface area contributed by atoms with Gasteiger partial charge in [-0.2, -0.15) is 0 Å². The molecule has 2 atom stereocenters. The molecule has 2 aliphatic heterocycles. The van der Waals surface area contributed by atoms with Crippen LogP contribution in [0.4, 0.5) is 0 Å². The van der Waals surface area contributed by atoms with Crippen molar-refractivity contribution in [3.8, 4) is 0 Å². The molecule has 0 aromatic heterocycles. The summed E-state index contributed by atoms with van der Waals surface area (Å²) in [5.41, 5.74) is 1.54. The SMILES string of the molecule is CC1CCCCN1CCCNCC1Cc2ccccc2S1. The Kier molecular flexibility index (Phi) is 5.61. The predicted octanol–water partition coefficient (Wildman–Crippen LogP) is 3.56. The number of piperidine rings is 1. The molecule has 1 aromatic rings. The third-order valence-electron chi connectivity index (χ3n) is 4.83. The van der Waals surface area contributed by atoms with Crippen LogP contribution >= 0.6 is 11.8 Å². The van der Waals surface area contributed by atoms with Crippen LogP contribution in [0.1, 0.15) is 38.2 Å². The number of hydrogen-bond donors (Lipinski definition) is 1. The van der Waals surface area contributed by atoms with Gasteiger partial charge in [-0.3, -0.25) is 0 Å². The largest absolute Gasteiger partial charge is 0.316 e. The van der Waals surface area contributed by atoms with Crippen molar-refractivity contribution in [2.45, 2.75) is 55.2 Å². The molecule has 1 aromatic carbocycles. The zero-order valence-electron chi connectivity index (χ0n) is 13.2. The van der Waals surface area contributed by atoms with Crippen molar-refractivity contribution in [2.75, 3.05) is 26.2 Å². The Morgan fingerprint density at radius 2 is 2.19 bits per heavy atom. The summed E-state index contributed by atoms with van der Waals surface area (Å²) in [6.07, 6.45) is 6.74. The molecule has 3 rings (SSSR count). The van der Waals surface area contributed by atoms with Crippen LogP contribution in [-0.2, 0) is 6.42 Å². The average molecular weight is 305 g/mol. The molecule has 0 saturated carbocycles. The maximum Gasteiger partial charge on any atom is 0.0260 e. The minimum absolute atomic E-state index is 0.733. The molecule has 0 radical (unpaired) electrons. The lowest BCUT2D eigenvalue weighted by Crippen LogP contribution is -2.39. The molecule has 2 unspecified atom stereocenters. The van der Waals surface area contributed by atoms with E-state index in [1.54, 1.807) is 0 Å². The van der Waals surface area contributed by atoms with Gasteiger partial charge in [-0.1, -0.05) is 24.6 Å². The number of likely N-dealkylation sites (tertiary alicyclic amines) is 1. The minimum Gasteiger partial charge on any atom is -0.316 e. The van der Waals surface area contributed by atoms with Crippen LogP contribution in [0.5, 0.6) is 0 Å². The Morgan fingerprint density at radius 1 is 1.29 bits per heavy atom. The highest BCUT2D eigenvalue weighted by Crippen LogP contribution is 2.36. The number of nitrogens with one attached hydrogen (secondary N) is 1. The zero-order valence-corrected chi connectivity index (χ0v) is 14.0. The van der Waals surface area contributed by atoms with E-state index in [4.69, 9.17) is 0 Å². The van der Waals surface area contributed by atoms with E-state index >= 15 is 0 Å². The Balaban J connectivity index is 1.29. The van der Waals surface area contributed by atoms with E-state index in [2.05, 4.69) is 41.4 Å². The second-order valence-electron chi connectivity index (χ2n) is 6.49. The standard InChI is InChI=1S/C18H28N2S/c1-15-7-4-5-11-20(15)12-6-10-19-14-17-13-16-8-2-3-9-18(16)21-17/h2-3,8-9,15,17,19H,4-7,10-14H2,1H3. The maximum atomic E-state index is 3.67. The Morgan fingerprint density at radius 3 is 3.05 bits per heavy atom. The fraction of sp³-hybridized carbons (Fsp3) is 0.667. The maximum absolute atomic E-state index is 3.67. The molecule has 1 saturated heterocycles. The molecular formula is C18H28N2S. The topological polar surface area (TPSA) is 15.3 Å². The number of rotatable bonds is 6. The normalized spacial score (nSPS) is 26.0. The zero-order chi connectivity index (χ0) is 14.5. The van der Waals surface area contributed by atoms with Gasteiger partial charge >= 0.3 is 0 Å². The molecule has 2 heterocycles. The second kappa shape index (κ2) is 7.66. The number of benzene rings is 1. The first kappa shape index (κ1) is 15.4. The molecule has 0 aliphatic carbocycles. The third-order valence-corrected chi connectivity index (χ3v) is 6.14. The van der Waals surface area contributed by atoms with E-state index < -0.39 is 0 Å². The summed E-state index contributed by atoms with van der Waals surface area (Å²) in [7, 11) is 0. The molecule has 116 valence electrons. The Labute approximate surface area is 133 Å². The van der Waals surface area contributed by atoms with Crippen molar-refractivity contribution in [1.82, 2.24) is 10.2 Å². The molecule has 1 fully saturated rings. The van der Waals surface area contributed by atoms with Crippen LogP contribution in [0.25, 0.3) is 0 Å². The molecule has 0 amide bonds. The Hall–Kier alpha value is -0.510. The lowest BCUT2D eigenvalue weighted by molar-refractivity contribution is 0.159. The summed E-state index contributed by atoms with van der Waals surface area (Å²) in [4.78, 5) is 4.16. The van der Waals surface area contributed by atoms with Gasteiger partial charge in [-0.05, 0) is 63.9 Å². The van der Waals surface area contributed by atoms with Gasteiger partial charge < -0.3 is 10.2 Å². The molecule has 0 bridgehead atoms. The van der Waals surface area contributed by atoms with E-state index in [-0.39, 0.29) is 0 Å². The number of thioether (sulfide) groups is 1. The van der Waals surface area contributed by atoms with E-state index in [1.165, 1.54) is 55.7 Å². The van der Waals surface area contributed by atoms with Crippen molar-refractivity contribution in [3.63, 3.8) is 0 Å². The molecule has 21 heavy (non-hydrogen) atoms. The quantitative estimate of drug-likeness (QED) is 0.809. The van der Waals surface area contributed by atoms with Gasteiger partial charge in [0.05, 0.1) is 0 Å². The second-order valence-corrected chi connectivity index (χ2v) is 7.83. The van der Waals surface area contributed by atoms with Crippen molar-refractivity contribution in [2.24, 2.45) is 0 Å². The van der Waals surface area contributed by atoms with Gasteiger partial charge in [0.25, 0.3) is 0 Å². The van der Waals surface area contributed by atoms with Crippen molar-refractivity contribution in [3.05, 3.63) is 29.8 Å². The van der Waals surface area contributed by atoms with Crippen molar-refractivity contribution in [1.29, 1.82) is 0 Å². The van der Waals surface area contributed by atoms with E-state index in [0.717, 1.165) is 24.4 Å². The first-order valence-electron chi connectivity index (χ1n) is 8.52. The number of nitrogens with zero attached hydrogens (tertiary/aromatic N) is 1. The highest BCUT2D eigenvalue weighted by atomic mass is 32.2. The summed E-state index contributed by atoms with van der Waals surface area (Å²) in [6.45, 7) is 7.28. The molecule has 2 aliphatic rings. The first-order valence-corrected chi connectivity index (χ1v) is 9.40. The fourth-order valence-corrected chi connectivity index (χ4v) is 4.81. The van der Waals surface area contributed by atoms with Gasteiger partial charge in [0.2, 0.25) is 0 Å². The van der Waals surface area contributed by atoms with Gasteiger partial charge in [-0.15, -0.1) is 11.8 Å². The van der Waals surface area contributed by atoms with Crippen LogP contribution in [0.15, 0.2) is 29.2 Å². The third kappa shape index (κ3) is 4.24. The van der Waals surface area contributed by atoms with Gasteiger partial charge in [0, 0.05) is 22.7 Å².